The number of nitrogens with zero attached hydrogens (tertiary/aromatic N) is 5. The second-order valence-electron chi connectivity index (χ2n) is 5.18. The molecule has 20 heavy (non-hydrogen) atoms. The van der Waals surface area contributed by atoms with E-state index in [9.17, 15) is 0 Å². The van der Waals surface area contributed by atoms with Crippen molar-refractivity contribution in [2.45, 2.75) is 40.3 Å². The van der Waals surface area contributed by atoms with Crippen molar-refractivity contribution in [2.24, 2.45) is 7.05 Å². The van der Waals surface area contributed by atoms with Crippen LogP contribution < -0.4 is 5.32 Å². The van der Waals surface area contributed by atoms with Gasteiger partial charge < -0.3 is 5.32 Å². The minimum absolute atomic E-state index is 0.480. The van der Waals surface area contributed by atoms with Crippen LogP contribution in [0.1, 0.15) is 33.5 Å². The predicted octanol–water partition coefficient (Wildman–Crippen LogP) is 2.03. The number of aromatic nitrogens is 4. The zero-order chi connectivity index (χ0) is 14.7. The van der Waals surface area contributed by atoms with Crippen LogP contribution >= 0.6 is 0 Å². The van der Waals surface area contributed by atoms with E-state index < -0.39 is 0 Å². The Balaban J connectivity index is 2.40. The zero-order valence-corrected chi connectivity index (χ0v) is 13.0. The summed E-state index contributed by atoms with van der Waals surface area (Å²) in [4.78, 5) is 11.7. The van der Waals surface area contributed by atoms with Crippen molar-refractivity contribution < 1.29 is 0 Å². The van der Waals surface area contributed by atoms with Gasteiger partial charge in [-0.3, -0.25) is 9.58 Å². The van der Waals surface area contributed by atoms with Gasteiger partial charge in [-0.1, -0.05) is 6.92 Å². The van der Waals surface area contributed by atoms with E-state index in [0.29, 0.717) is 6.04 Å². The topological polar surface area (TPSA) is 58.9 Å². The Morgan fingerprint density at radius 2 is 2.05 bits per heavy atom. The Morgan fingerprint density at radius 3 is 2.65 bits per heavy atom. The first kappa shape index (κ1) is 14.7. The average molecular weight is 276 g/mol. The van der Waals surface area contributed by atoms with Crippen LogP contribution in [0.25, 0.3) is 11.0 Å². The first-order chi connectivity index (χ1) is 9.56. The molecular formula is C14H24N6. The smallest absolute Gasteiger partial charge is 0.163 e. The first-order valence-electron chi connectivity index (χ1n) is 7.23. The van der Waals surface area contributed by atoms with Crippen LogP contribution in [-0.2, 0) is 13.6 Å². The van der Waals surface area contributed by atoms with Gasteiger partial charge in [-0.25, -0.2) is 9.97 Å². The summed E-state index contributed by atoms with van der Waals surface area (Å²) >= 11 is 0. The van der Waals surface area contributed by atoms with E-state index in [0.717, 1.165) is 42.3 Å². The molecule has 0 aliphatic rings. The molecule has 2 heterocycles. The van der Waals surface area contributed by atoms with Crippen LogP contribution in [0.2, 0.25) is 0 Å². The molecule has 2 rings (SSSR count). The lowest BCUT2D eigenvalue weighted by Crippen LogP contribution is -2.30. The van der Waals surface area contributed by atoms with Crippen molar-refractivity contribution in [3.63, 3.8) is 0 Å². The van der Waals surface area contributed by atoms with E-state index in [1.54, 1.807) is 4.68 Å². The number of hydrogen-bond donors (Lipinski definition) is 1. The number of fused-ring (bicyclic) bond motifs is 1. The second kappa shape index (κ2) is 6.17. The van der Waals surface area contributed by atoms with Crippen LogP contribution in [0.5, 0.6) is 0 Å². The third-order valence-corrected chi connectivity index (χ3v) is 3.46. The Hall–Kier alpha value is -1.69. The van der Waals surface area contributed by atoms with Gasteiger partial charge in [0.15, 0.2) is 5.65 Å². The molecule has 0 saturated carbocycles. The Labute approximate surface area is 120 Å². The van der Waals surface area contributed by atoms with Gasteiger partial charge in [-0.2, -0.15) is 5.10 Å². The highest BCUT2D eigenvalue weighted by Gasteiger charge is 2.14. The second-order valence-corrected chi connectivity index (χ2v) is 5.18. The van der Waals surface area contributed by atoms with Gasteiger partial charge in [-0.15, -0.1) is 0 Å². The lowest BCUT2D eigenvalue weighted by Gasteiger charge is -2.23. The lowest BCUT2D eigenvalue weighted by molar-refractivity contribution is 0.219. The fourth-order valence-corrected chi connectivity index (χ4v) is 2.28. The van der Waals surface area contributed by atoms with Crippen molar-refractivity contribution in [3.05, 3.63) is 12.0 Å². The lowest BCUT2D eigenvalue weighted by atomic mass is 10.3. The molecule has 0 aliphatic heterocycles. The minimum Gasteiger partial charge on any atom is -0.370 e. The SMILES string of the molecule is CCNc1nc(CN(CC)C(C)C)nc2c1cnn2C. The molecule has 0 atom stereocenters. The van der Waals surface area contributed by atoms with Gasteiger partial charge in [-0.05, 0) is 27.3 Å². The molecule has 0 bridgehead atoms. The number of rotatable bonds is 6. The summed E-state index contributed by atoms with van der Waals surface area (Å²) in [7, 11) is 1.91. The van der Waals surface area contributed by atoms with Crippen LogP contribution in [0.15, 0.2) is 6.20 Å². The van der Waals surface area contributed by atoms with Gasteiger partial charge in [0.25, 0.3) is 0 Å². The van der Waals surface area contributed by atoms with Gasteiger partial charge >= 0.3 is 0 Å². The third kappa shape index (κ3) is 2.90. The van der Waals surface area contributed by atoms with Crippen LogP contribution in [-0.4, -0.2) is 43.8 Å². The van der Waals surface area contributed by atoms with Crippen molar-refractivity contribution in [3.8, 4) is 0 Å². The molecule has 110 valence electrons. The zero-order valence-electron chi connectivity index (χ0n) is 13.0. The number of nitrogens with one attached hydrogen (secondary N) is 1. The summed E-state index contributed by atoms with van der Waals surface area (Å²) in [6.45, 7) is 11.2. The van der Waals surface area contributed by atoms with Gasteiger partial charge in [0.2, 0.25) is 0 Å². The fraction of sp³-hybridized carbons (Fsp3) is 0.643. The van der Waals surface area contributed by atoms with E-state index in [4.69, 9.17) is 0 Å². The molecule has 6 nitrogen and oxygen atoms in total. The third-order valence-electron chi connectivity index (χ3n) is 3.46. The van der Waals surface area contributed by atoms with E-state index >= 15 is 0 Å². The molecule has 0 saturated heterocycles. The first-order valence-corrected chi connectivity index (χ1v) is 7.23. The Kier molecular flexibility index (Phi) is 4.54. The van der Waals surface area contributed by atoms with Gasteiger partial charge in [0, 0.05) is 19.6 Å². The largest absolute Gasteiger partial charge is 0.370 e. The van der Waals surface area contributed by atoms with Crippen LogP contribution in [0.3, 0.4) is 0 Å². The molecule has 0 radical (unpaired) electrons. The van der Waals surface area contributed by atoms with Crippen LogP contribution in [0, 0.1) is 0 Å². The molecule has 6 heteroatoms. The Morgan fingerprint density at radius 1 is 1.30 bits per heavy atom. The molecule has 2 aromatic heterocycles. The van der Waals surface area contributed by atoms with Crippen molar-refractivity contribution in [2.75, 3.05) is 18.4 Å². The summed E-state index contributed by atoms with van der Waals surface area (Å²) in [6, 6.07) is 0.480. The van der Waals surface area contributed by atoms with Crippen molar-refractivity contribution in [1.29, 1.82) is 0 Å². The fourth-order valence-electron chi connectivity index (χ4n) is 2.28. The van der Waals surface area contributed by atoms with E-state index in [1.807, 2.05) is 13.2 Å². The molecule has 0 spiro atoms. The number of hydrogen-bond acceptors (Lipinski definition) is 5. The number of aryl methyl sites for hydroxylation is 1. The normalized spacial score (nSPS) is 11.8. The van der Waals surface area contributed by atoms with Gasteiger partial charge in [0.1, 0.15) is 11.6 Å². The quantitative estimate of drug-likeness (QED) is 0.874. The van der Waals surface area contributed by atoms with E-state index in [1.165, 1.54) is 0 Å². The highest BCUT2D eigenvalue weighted by Crippen LogP contribution is 2.20. The minimum atomic E-state index is 0.480. The maximum Gasteiger partial charge on any atom is 0.163 e. The molecule has 0 fully saturated rings. The monoisotopic (exact) mass is 276 g/mol. The summed E-state index contributed by atoms with van der Waals surface area (Å²) < 4.78 is 1.80. The van der Waals surface area contributed by atoms with Crippen molar-refractivity contribution >= 4 is 16.9 Å². The molecule has 0 aromatic carbocycles. The van der Waals surface area contributed by atoms with Crippen molar-refractivity contribution in [1.82, 2.24) is 24.6 Å². The van der Waals surface area contributed by atoms with E-state index in [-0.39, 0.29) is 0 Å². The highest BCUT2D eigenvalue weighted by atomic mass is 15.3. The predicted molar refractivity (Wildman–Crippen MR) is 81.7 cm³/mol. The summed E-state index contributed by atoms with van der Waals surface area (Å²) in [5.41, 5.74) is 0.880. The molecule has 0 amide bonds. The Bertz CT molecular complexity index is 574. The van der Waals surface area contributed by atoms with Crippen LogP contribution in [0.4, 0.5) is 5.82 Å². The average Bonchev–Trinajstić information content (AvgIpc) is 2.78. The highest BCUT2D eigenvalue weighted by molar-refractivity contribution is 5.86. The van der Waals surface area contributed by atoms with Gasteiger partial charge in [0.05, 0.1) is 18.1 Å². The summed E-state index contributed by atoms with van der Waals surface area (Å²) in [5.74, 6) is 1.72. The maximum atomic E-state index is 4.66. The molecule has 1 N–H and O–H groups in total. The summed E-state index contributed by atoms with van der Waals surface area (Å²) in [5, 5.41) is 8.55. The molecule has 0 unspecified atom stereocenters. The molecule has 0 aliphatic carbocycles. The molecular weight excluding hydrogens is 252 g/mol. The molecule has 2 aromatic rings. The van der Waals surface area contributed by atoms with E-state index in [2.05, 4.69) is 53.0 Å². The summed E-state index contributed by atoms with van der Waals surface area (Å²) in [6.07, 6.45) is 1.82. The number of anilines is 1. The standard InChI is InChI=1S/C14H24N6/c1-6-15-13-11-8-16-19(5)14(11)18-12(17-13)9-20(7-2)10(3)4/h8,10H,6-7,9H2,1-5H3,(H,15,17,18). The maximum absolute atomic E-state index is 4.66.